The molecule has 1 amide bonds. The maximum absolute atomic E-state index is 12.0. The van der Waals surface area contributed by atoms with Gasteiger partial charge in [0.2, 0.25) is 0 Å². The van der Waals surface area contributed by atoms with Crippen molar-refractivity contribution in [2.75, 3.05) is 25.4 Å². The van der Waals surface area contributed by atoms with Crippen LogP contribution in [-0.4, -0.2) is 36.8 Å². The van der Waals surface area contributed by atoms with Gasteiger partial charge in [-0.1, -0.05) is 11.6 Å². The van der Waals surface area contributed by atoms with Crippen molar-refractivity contribution in [3.05, 3.63) is 22.7 Å². The number of anilines is 1. The lowest BCUT2D eigenvalue weighted by Crippen LogP contribution is -2.36. The zero-order valence-corrected chi connectivity index (χ0v) is 11.4. The third-order valence-corrected chi connectivity index (χ3v) is 2.74. The van der Waals surface area contributed by atoms with Crippen LogP contribution in [0.4, 0.5) is 5.69 Å². The average molecular weight is 288 g/mol. The van der Waals surface area contributed by atoms with Crippen LogP contribution in [0, 0.1) is 0 Å². The lowest BCUT2D eigenvalue weighted by Gasteiger charge is -2.14. The molecule has 0 bridgehead atoms. The van der Waals surface area contributed by atoms with Crippen molar-refractivity contribution in [3.8, 4) is 5.75 Å². The summed E-state index contributed by atoms with van der Waals surface area (Å²) in [7, 11) is 0. The summed E-state index contributed by atoms with van der Waals surface area (Å²) in [5.74, 6) is -0.0537. The van der Waals surface area contributed by atoms with E-state index in [9.17, 15) is 9.90 Å². The molecule has 0 aliphatic carbocycles. The zero-order valence-electron chi connectivity index (χ0n) is 10.6. The van der Waals surface area contributed by atoms with Gasteiger partial charge in [0.15, 0.2) is 0 Å². The van der Waals surface area contributed by atoms with E-state index < -0.39 is 12.0 Å². The lowest BCUT2D eigenvalue weighted by atomic mass is 10.1. The first kappa shape index (κ1) is 15.6. The summed E-state index contributed by atoms with van der Waals surface area (Å²) in [4.78, 5) is 12.0. The Bertz CT molecular complexity index is 454. The molecule has 7 heteroatoms. The minimum Gasteiger partial charge on any atom is -0.493 e. The van der Waals surface area contributed by atoms with Crippen molar-refractivity contribution in [2.24, 2.45) is 5.73 Å². The molecule has 6 N–H and O–H groups in total. The van der Waals surface area contributed by atoms with Gasteiger partial charge in [0.1, 0.15) is 5.75 Å². The molecule has 1 unspecified atom stereocenters. The number of nitrogens with one attached hydrogen (secondary N) is 1. The van der Waals surface area contributed by atoms with Gasteiger partial charge in [-0.05, 0) is 13.0 Å². The second-order valence-corrected chi connectivity index (χ2v) is 4.31. The molecular weight excluding hydrogens is 270 g/mol. The minimum atomic E-state index is -0.788. The Morgan fingerprint density at radius 2 is 2.26 bits per heavy atom. The molecule has 0 aromatic heterocycles. The number of nitrogens with two attached hydrogens (primary N) is 2. The van der Waals surface area contributed by atoms with Crippen molar-refractivity contribution >= 4 is 23.2 Å². The summed E-state index contributed by atoms with van der Waals surface area (Å²) in [6.45, 7) is 2.32. The Balaban J connectivity index is 2.91. The van der Waals surface area contributed by atoms with Gasteiger partial charge in [-0.2, -0.15) is 0 Å². The largest absolute Gasteiger partial charge is 0.493 e. The number of hydrogen-bond acceptors (Lipinski definition) is 5. The second kappa shape index (κ2) is 7.18. The highest BCUT2D eigenvalue weighted by Crippen LogP contribution is 2.29. The third kappa shape index (κ3) is 4.27. The van der Waals surface area contributed by atoms with Crippen LogP contribution in [0.2, 0.25) is 5.02 Å². The van der Waals surface area contributed by atoms with Crippen LogP contribution in [0.15, 0.2) is 12.1 Å². The maximum Gasteiger partial charge on any atom is 0.255 e. The average Bonchev–Trinajstić information content (AvgIpc) is 2.39. The Labute approximate surface area is 116 Å². The van der Waals surface area contributed by atoms with Crippen LogP contribution in [-0.2, 0) is 0 Å². The number of carbonyl (C=O) groups is 1. The third-order valence-electron chi connectivity index (χ3n) is 2.41. The fraction of sp³-hybridized carbons (Fsp3) is 0.417. The fourth-order valence-corrected chi connectivity index (χ4v) is 1.57. The number of amides is 1. The first-order valence-corrected chi connectivity index (χ1v) is 6.25. The molecule has 0 fully saturated rings. The van der Waals surface area contributed by atoms with Gasteiger partial charge in [-0.3, -0.25) is 4.79 Å². The normalized spacial score (nSPS) is 12.0. The molecule has 0 saturated carbocycles. The van der Waals surface area contributed by atoms with Crippen molar-refractivity contribution in [1.82, 2.24) is 5.32 Å². The molecule has 19 heavy (non-hydrogen) atoms. The minimum absolute atomic E-state index is 0.0584. The van der Waals surface area contributed by atoms with Crippen LogP contribution < -0.4 is 21.5 Å². The van der Waals surface area contributed by atoms with Gasteiger partial charge < -0.3 is 26.6 Å². The van der Waals surface area contributed by atoms with E-state index in [-0.39, 0.29) is 23.7 Å². The summed E-state index contributed by atoms with van der Waals surface area (Å²) >= 11 is 5.89. The van der Waals surface area contributed by atoms with Gasteiger partial charge in [0.05, 0.1) is 29.0 Å². The van der Waals surface area contributed by atoms with E-state index >= 15 is 0 Å². The van der Waals surface area contributed by atoms with Gasteiger partial charge >= 0.3 is 0 Å². The number of rotatable bonds is 6. The highest BCUT2D eigenvalue weighted by molar-refractivity contribution is 6.33. The maximum atomic E-state index is 12.0. The fourth-order valence-electron chi connectivity index (χ4n) is 1.41. The predicted molar refractivity (Wildman–Crippen MR) is 74.4 cm³/mol. The van der Waals surface area contributed by atoms with E-state index in [1.165, 1.54) is 12.1 Å². The molecule has 0 spiro atoms. The molecule has 1 aromatic rings. The molecule has 1 rings (SSSR count). The first-order chi connectivity index (χ1) is 8.99. The number of carbonyl (C=O) groups excluding carboxylic acids is 1. The summed E-state index contributed by atoms with van der Waals surface area (Å²) in [5, 5.41) is 12.1. The molecule has 1 aromatic carbocycles. The van der Waals surface area contributed by atoms with Crippen LogP contribution in [0.25, 0.3) is 0 Å². The zero-order chi connectivity index (χ0) is 14.4. The van der Waals surface area contributed by atoms with Gasteiger partial charge in [0.25, 0.3) is 5.91 Å². The van der Waals surface area contributed by atoms with E-state index in [0.717, 1.165) is 0 Å². The van der Waals surface area contributed by atoms with Gasteiger partial charge in [-0.15, -0.1) is 0 Å². The van der Waals surface area contributed by atoms with Crippen molar-refractivity contribution in [2.45, 2.75) is 13.0 Å². The number of aliphatic hydroxyl groups excluding tert-OH is 1. The van der Waals surface area contributed by atoms with E-state index in [1.807, 2.05) is 0 Å². The lowest BCUT2D eigenvalue weighted by molar-refractivity contribution is 0.0916. The van der Waals surface area contributed by atoms with Crippen molar-refractivity contribution in [1.29, 1.82) is 0 Å². The predicted octanol–water partition coefficient (Wildman–Crippen LogP) is 0.370. The Kier molecular flexibility index (Phi) is 5.88. The topological polar surface area (TPSA) is 111 Å². The number of hydrogen-bond donors (Lipinski definition) is 4. The number of ether oxygens (including phenoxy) is 1. The SMILES string of the molecule is CCOc1cc(N)c(Cl)cc1C(=O)NCC(O)CN. The monoisotopic (exact) mass is 287 g/mol. The number of aliphatic hydroxyl groups is 1. The molecule has 0 saturated heterocycles. The summed E-state index contributed by atoms with van der Waals surface area (Å²) in [6, 6.07) is 2.94. The standard InChI is InChI=1S/C12H18ClN3O3/c1-2-19-11-4-10(15)9(13)3-8(11)12(18)16-6-7(17)5-14/h3-4,7,17H,2,5-6,14-15H2,1H3,(H,16,18). The molecular formula is C12H18ClN3O3. The highest BCUT2D eigenvalue weighted by Gasteiger charge is 2.16. The summed E-state index contributed by atoms with van der Waals surface area (Å²) < 4.78 is 5.34. The number of halogens is 1. The number of benzene rings is 1. The summed E-state index contributed by atoms with van der Waals surface area (Å²) in [6.07, 6.45) is -0.788. The number of nitrogen functional groups attached to an aromatic ring is 1. The van der Waals surface area contributed by atoms with Crippen molar-refractivity contribution in [3.63, 3.8) is 0 Å². The van der Waals surface area contributed by atoms with E-state index in [1.54, 1.807) is 6.92 Å². The van der Waals surface area contributed by atoms with Crippen LogP contribution in [0.1, 0.15) is 17.3 Å². The quantitative estimate of drug-likeness (QED) is 0.565. The van der Waals surface area contributed by atoms with Crippen LogP contribution in [0.3, 0.4) is 0 Å². The highest BCUT2D eigenvalue weighted by atomic mass is 35.5. The molecule has 1 atom stereocenters. The molecule has 106 valence electrons. The van der Waals surface area contributed by atoms with E-state index in [0.29, 0.717) is 18.0 Å². The molecule has 6 nitrogen and oxygen atoms in total. The Hall–Kier alpha value is -1.50. The van der Waals surface area contributed by atoms with Crippen LogP contribution in [0.5, 0.6) is 5.75 Å². The Morgan fingerprint density at radius 3 is 2.84 bits per heavy atom. The van der Waals surface area contributed by atoms with Gasteiger partial charge in [-0.25, -0.2) is 0 Å². The molecule has 0 radical (unpaired) electrons. The van der Waals surface area contributed by atoms with Crippen molar-refractivity contribution < 1.29 is 14.6 Å². The smallest absolute Gasteiger partial charge is 0.255 e. The van der Waals surface area contributed by atoms with Gasteiger partial charge in [0, 0.05) is 19.2 Å². The molecule has 0 aliphatic heterocycles. The van der Waals surface area contributed by atoms with E-state index in [4.69, 9.17) is 27.8 Å². The molecule has 0 heterocycles. The molecule has 0 aliphatic rings. The van der Waals surface area contributed by atoms with Crippen LogP contribution >= 0.6 is 11.6 Å². The summed E-state index contributed by atoms with van der Waals surface area (Å²) in [5.41, 5.74) is 11.5. The van der Waals surface area contributed by atoms with E-state index in [2.05, 4.69) is 5.32 Å². The first-order valence-electron chi connectivity index (χ1n) is 5.87. The Morgan fingerprint density at radius 1 is 1.58 bits per heavy atom. The second-order valence-electron chi connectivity index (χ2n) is 3.90.